The Balaban J connectivity index is 1.85. The molecule has 1 aliphatic heterocycles. The highest BCUT2D eigenvalue weighted by Gasteiger charge is 2.29. The van der Waals surface area contributed by atoms with Crippen LogP contribution in [0.25, 0.3) is 6.08 Å². The molecule has 0 unspecified atom stereocenters. The maximum atomic E-state index is 12.3. The predicted molar refractivity (Wildman–Crippen MR) is 92.7 cm³/mol. The number of nitrogens with zero attached hydrogens (tertiary/aromatic N) is 2. The molecule has 1 aromatic carbocycles. The zero-order valence-electron chi connectivity index (χ0n) is 14.4. The molecule has 2 rings (SSSR count). The predicted octanol–water partition coefficient (Wildman–Crippen LogP) is 2.94. The van der Waals surface area contributed by atoms with Crippen molar-refractivity contribution in [3.63, 3.8) is 0 Å². The van der Waals surface area contributed by atoms with Gasteiger partial charge >= 0.3 is 5.97 Å². The maximum Gasteiger partial charge on any atom is 0.331 e. The van der Waals surface area contributed by atoms with Crippen molar-refractivity contribution in [2.75, 3.05) is 6.61 Å². The smallest absolute Gasteiger partial charge is 0.331 e. The maximum absolute atomic E-state index is 12.3. The van der Waals surface area contributed by atoms with Crippen LogP contribution < -0.4 is 0 Å². The van der Waals surface area contributed by atoms with Crippen LogP contribution in [0.4, 0.5) is 5.69 Å². The van der Waals surface area contributed by atoms with Crippen LogP contribution in [0.2, 0.25) is 0 Å². The van der Waals surface area contributed by atoms with Gasteiger partial charge < -0.3 is 9.64 Å². The molecule has 25 heavy (non-hydrogen) atoms. The summed E-state index contributed by atoms with van der Waals surface area (Å²) in [4.78, 5) is 35.9. The van der Waals surface area contributed by atoms with E-state index >= 15 is 0 Å². The highest BCUT2D eigenvalue weighted by molar-refractivity contribution is 5.89. The van der Waals surface area contributed by atoms with Crippen molar-refractivity contribution in [1.82, 2.24) is 4.90 Å². The highest BCUT2D eigenvalue weighted by atomic mass is 16.6. The number of piperidine rings is 1. The van der Waals surface area contributed by atoms with E-state index in [0.29, 0.717) is 5.56 Å². The second-order valence-corrected chi connectivity index (χ2v) is 6.22. The van der Waals surface area contributed by atoms with Gasteiger partial charge in [-0.25, -0.2) is 4.79 Å². The van der Waals surface area contributed by atoms with E-state index in [1.54, 1.807) is 4.90 Å². The Morgan fingerprint density at radius 3 is 2.40 bits per heavy atom. The van der Waals surface area contributed by atoms with Crippen LogP contribution in [-0.2, 0) is 14.3 Å². The molecule has 1 saturated heterocycles. The van der Waals surface area contributed by atoms with Crippen LogP contribution in [0.15, 0.2) is 30.3 Å². The molecule has 134 valence electrons. The summed E-state index contributed by atoms with van der Waals surface area (Å²) in [6.07, 6.45) is 5.72. The van der Waals surface area contributed by atoms with Crippen LogP contribution >= 0.6 is 0 Å². The van der Waals surface area contributed by atoms with Gasteiger partial charge in [-0.15, -0.1) is 0 Å². The Kier molecular flexibility index (Phi) is 6.27. The van der Waals surface area contributed by atoms with Gasteiger partial charge in [0.25, 0.3) is 11.6 Å². The van der Waals surface area contributed by atoms with E-state index in [0.717, 1.165) is 19.3 Å². The average molecular weight is 346 g/mol. The second kappa shape index (κ2) is 8.41. The van der Waals surface area contributed by atoms with Crippen molar-refractivity contribution >= 4 is 23.6 Å². The normalized spacial score (nSPS) is 20.5. The molecule has 0 saturated carbocycles. The number of hydrogen-bond donors (Lipinski definition) is 0. The zero-order valence-corrected chi connectivity index (χ0v) is 14.4. The quantitative estimate of drug-likeness (QED) is 0.354. The fourth-order valence-corrected chi connectivity index (χ4v) is 3.04. The summed E-state index contributed by atoms with van der Waals surface area (Å²) in [6, 6.07) is 6.09. The first-order chi connectivity index (χ1) is 11.9. The minimum absolute atomic E-state index is 0.0184. The topological polar surface area (TPSA) is 89.8 Å². The summed E-state index contributed by atoms with van der Waals surface area (Å²) < 4.78 is 5.01. The number of hydrogen-bond acceptors (Lipinski definition) is 5. The van der Waals surface area contributed by atoms with Gasteiger partial charge in [0, 0.05) is 30.3 Å². The number of nitro groups is 1. The van der Waals surface area contributed by atoms with Gasteiger partial charge in [0.2, 0.25) is 0 Å². The van der Waals surface area contributed by atoms with E-state index in [2.05, 4.69) is 0 Å². The Morgan fingerprint density at radius 1 is 1.24 bits per heavy atom. The van der Waals surface area contributed by atoms with Crippen LogP contribution in [0, 0.1) is 10.1 Å². The number of rotatable bonds is 5. The van der Waals surface area contributed by atoms with Crippen molar-refractivity contribution < 1.29 is 19.2 Å². The first-order valence-electron chi connectivity index (χ1n) is 8.29. The van der Waals surface area contributed by atoms with Crippen molar-refractivity contribution in [2.45, 2.75) is 45.2 Å². The largest absolute Gasteiger partial charge is 0.452 e. The standard InChI is InChI=1S/C18H22N2O5/c1-13-4-3-5-14(2)19(13)17(21)12-25-18(22)11-8-15-6-9-16(10-7-15)20(23)24/h6-11,13-14H,3-5,12H2,1-2H3/b11-8+/t13-,14-/m0/s1. The number of carbonyl (C=O) groups excluding carboxylic acids is 2. The molecule has 0 bridgehead atoms. The fourth-order valence-electron chi connectivity index (χ4n) is 3.04. The molecule has 1 heterocycles. The van der Waals surface area contributed by atoms with Gasteiger partial charge in [-0.2, -0.15) is 0 Å². The summed E-state index contributed by atoms with van der Waals surface area (Å²) in [5.41, 5.74) is 0.613. The van der Waals surface area contributed by atoms with Crippen LogP contribution in [0.3, 0.4) is 0 Å². The number of amides is 1. The highest BCUT2D eigenvalue weighted by Crippen LogP contribution is 2.22. The lowest BCUT2D eigenvalue weighted by molar-refractivity contribution is -0.384. The van der Waals surface area contributed by atoms with E-state index in [1.165, 1.54) is 36.4 Å². The van der Waals surface area contributed by atoms with Gasteiger partial charge in [-0.3, -0.25) is 14.9 Å². The lowest BCUT2D eigenvalue weighted by atomic mass is 9.97. The molecule has 1 fully saturated rings. The lowest BCUT2D eigenvalue weighted by Crippen LogP contribution is -2.49. The Bertz CT molecular complexity index is 659. The average Bonchev–Trinajstić information content (AvgIpc) is 2.58. The molecule has 0 radical (unpaired) electrons. The first kappa shape index (κ1) is 18.6. The third-order valence-corrected chi connectivity index (χ3v) is 4.34. The van der Waals surface area contributed by atoms with Gasteiger partial charge in [0.1, 0.15) is 0 Å². The molecule has 0 spiro atoms. The molecule has 1 amide bonds. The molecule has 2 atom stereocenters. The van der Waals surface area contributed by atoms with Gasteiger partial charge in [0.05, 0.1) is 4.92 Å². The number of likely N-dealkylation sites (tertiary alicyclic amines) is 1. The molecular weight excluding hydrogens is 324 g/mol. The van der Waals surface area contributed by atoms with Crippen LogP contribution in [0.5, 0.6) is 0 Å². The SMILES string of the molecule is C[C@H]1CCC[C@H](C)N1C(=O)COC(=O)/C=C/c1ccc([N+](=O)[O-])cc1. The van der Waals surface area contributed by atoms with Crippen molar-refractivity contribution in [3.8, 4) is 0 Å². The number of nitro benzene ring substituents is 1. The lowest BCUT2D eigenvalue weighted by Gasteiger charge is -2.38. The third-order valence-electron chi connectivity index (χ3n) is 4.34. The van der Waals surface area contributed by atoms with E-state index in [1.807, 2.05) is 13.8 Å². The number of ether oxygens (including phenoxy) is 1. The molecule has 1 aliphatic rings. The van der Waals surface area contributed by atoms with Crippen molar-refractivity contribution in [1.29, 1.82) is 0 Å². The van der Waals surface area contributed by atoms with E-state index in [9.17, 15) is 19.7 Å². The molecule has 1 aromatic rings. The fraction of sp³-hybridized carbons (Fsp3) is 0.444. The Labute approximate surface area is 146 Å². The number of carbonyl (C=O) groups is 2. The van der Waals surface area contributed by atoms with Crippen molar-refractivity contribution in [2.24, 2.45) is 0 Å². The van der Waals surface area contributed by atoms with E-state index < -0.39 is 10.9 Å². The van der Waals surface area contributed by atoms with Crippen LogP contribution in [-0.4, -0.2) is 40.4 Å². The summed E-state index contributed by atoms with van der Waals surface area (Å²) >= 11 is 0. The molecule has 0 aromatic heterocycles. The molecule has 7 nitrogen and oxygen atoms in total. The van der Waals surface area contributed by atoms with Gasteiger partial charge in [-0.05, 0) is 56.9 Å². The number of benzene rings is 1. The summed E-state index contributed by atoms with van der Waals surface area (Å²) in [5.74, 6) is -0.805. The van der Waals surface area contributed by atoms with Crippen molar-refractivity contribution in [3.05, 3.63) is 46.0 Å². The summed E-state index contributed by atoms with van der Waals surface area (Å²) in [5, 5.41) is 10.6. The van der Waals surface area contributed by atoms with Gasteiger partial charge in [-0.1, -0.05) is 0 Å². The Morgan fingerprint density at radius 2 is 1.84 bits per heavy atom. The third kappa shape index (κ3) is 5.14. The number of esters is 1. The summed E-state index contributed by atoms with van der Waals surface area (Å²) in [7, 11) is 0. The zero-order chi connectivity index (χ0) is 18.4. The molecule has 0 N–H and O–H groups in total. The second-order valence-electron chi connectivity index (χ2n) is 6.22. The van der Waals surface area contributed by atoms with Gasteiger partial charge in [0.15, 0.2) is 6.61 Å². The minimum Gasteiger partial charge on any atom is -0.452 e. The van der Waals surface area contributed by atoms with E-state index in [4.69, 9.17) is 4.74 Å². The molecule has 7 heteroatoms. The molecule has 0 aliphatic carbocycles. The first-order valence-corrected chi connectivity index (χ1v) is 8.29. The van der Waals surface area contributed by atoms with E-state index in [-0.39, 0.29) is 30.3 Å². The van der Waals surface area contributed by atoms with Crippen LogP contribution in [0.1, 0.15) is 38.7 Å². The molecular formula is C18H22N2O5. The Hall–Kier alpha value is -2.70. The summed E-state index contributed by atoms with van der Waals surface area (Å²) in [6.45, 7) is 3.73. The monoisotopic (exact) mass is 346 g/mol. The minimum atomic E-state index is -0.621. The number of non-ortho nitro benzene ring substituents is 1.